The van der Waals surface area contributed by atoms with Gasteiger partial charge in [-0.3, -0.25) is 4.98 Å². The van der Waals surface area contributed by atoms with Crippen molar-refractivity contribution in [2.45, 2.75) is 6.92 Å². The predicted molar refractivity (Wildman–Crippen MR) is 112 cm³/mol. The van der Waals surface area contributed by atoms with Crippen LogP contribution in [0.25, 0.3) is 33.4 Å². The highest BCUT2D eigenvalue weighted by Gasteiger charge is 2.16. The highest BCUT2D eigenvalue weighted by molar-refractivity contribution is 6.35. The number of nitrogens with two attached hydrogens (primary N) is 1. The lowest BCUT2D eigenvalue weighted by Gasteiger charge is -2.14. The van der Waals surface area contributed by atoms with E-state index in [1.807, 2.05) is 61.5 Å². The van der Waals surface area contributed by atoms with Gasteiger partial charge in [0.25, 0.3) is 0 Å². The minimum atomic E-state index is 0.369. The molecule has 0 amide bonds. The Balaban J connectivity index is 1.99. The second-order valence-electron chi connectivity index (χ2n) is 6.08. The molecule has 0 saturated heterocycles. The molecule has 0 fully saturated rings. The third kappa shape index (κ3) is 3.29. The summed E-state index contributed by atoms with van der Waals surface area (Å²) in [6.45, 7) is 2.69. The SMILES string of the molecule is CCNc1nc(-c2cc(Cl)c3ncccc3c2)c(-c2ccccc2)nc1N. The number of benzene rings is 2. The standard InChI is InChI=1S/C21H18ClN5/c1-2-24-21-20(23)26-18(13-7-4-3-5-8-13)19(27-21)15-11-14-9-6-10-25-17(14)16(22)12-15/h3-12H,2H2,1H3,(H2,23,26)(H,24,27). The van der Waals surface area contributed by atoms with E-state index in [4.69, 9.17) is 22.3 Å². The number of nitrogens with one attached hydrogen (secondary N) is 1. The summed E-state index contributed by atoms with van der Waals surface area (Å²) in [4.78, 5) is 13.8. The Labute approximate surface area is 162 Å². The van der Waals surface area contributed by atoms with Crippen LogP contribution in [0, 0.1) is 0 Å². The number of hydrogen-bond acceptors (Lipinski definition) is 5. The summed E-state index contributed by atoms with van der Waals surface area (Å²) in [7, 11) is 0. The van der Waals surface area contributed by atoms with Crippen molar-refractivity contribution in [3.63, 3.8) is 0 Å². The van der Waals surface area contributed by atoms with Gasteiger partial charge >= 0.3 is 0 Å². The normalized spacial score (nSPS) is 10.9. The monoisotopic (exact) mass is 375 g/mol. The molecule has 27 heavy (non-hydrogen) atoms. The van der Waals surface area contributed by atoms with Gasteiger partial charge in [-0.2, -0.15) is 0 Å². The minimum absolute atomic E-state index is 0.369. The first kappa shape index (κ1) is 17.2. The third-order valence-corrected chi connectivity index (χ3v) is 4.53. The smallest absolute Gasteiger partial charge is 0.169 e. The van der Waals surface area contributed by atoms with Crippen LogP contribution in [0.15, 0.2) is 60.8 Å². The Bertz CT molecular complexity index is 1110. The second kappa shape index (κ2) is 7.21. The van der Waals surface area contributed by atoms with Gasteiger partial charge in [-0.25, -0.2) is 9.97 Å². The van der Waals surface area contributed by atoms with E-state index in [0.717, 1.165) is 27.7 Å². The van der Waals surface area contributed by atoms with Gasteiger partial charge in [-0.1, -0.05) is 48.0 Å². The molecule has 4 aromatic rings. The van der Waals surface area contributed by atoms with Gasteiger partial charge in [0.15, 0.2) is 11.6 Å². The van der Waals surface area contributed by atoms with Crippen LogP contribution in [0.4, 0.5) is 11.6 Å². The van der Waals surface area contributed by atoms with Crippen molar-refractivity contribution in [2.24, 2.45) is 0 Å². The zero-order chi connectivity index (χ0) is 18.8. The highest BCUT2D eigenvalue weighted by atomic mass is 35.5. The maximum atomic E-state index is 6.49. The number of pyridine rings is 1. The fraction of sp³-hybridized carbons (Fsp3) is 0.0952. The third-order valence-electron chi connectivity index (χ3n) is 4.25. The molecule has 0 spiro atoms. The largest absolute Gasteiger partial charge is 0.381 e. The number of hydrogen-bond donors (Lipinski definition) is 2. The summed E-state index contributed by atoms with van der Waals surface area (Å²) in [5, 5.41) is 4.69. The summed E-state index contributed by atoms with van der Waals surface area (Å²) < 4.78 is 0. The van der Waals surface area contributed by atoms with Crippen molar-refractivity contribution in [3.8, 4) is 22.5 Å². The van der Waals surface area contributed by atoms with E-state index < -0.39 is 0 Å². The van der Waals surface area contributed by atoms with E-state index in [1.165, 1.54) is 0 Å². The van der Waals surface area contributed by atoms with Crippen LogP contribution in [0.3, 0.4) is 0 Å². The molecule has 0 aliphatic carbocycles. The second-order valence-corrected chi connectivity index (χ2v) is 6.49. The molecular formula is C21H18ClN5. The van der Waals surface area contributed by atoms with Gasteiger partial charge in [0.1, 0.15) is 0 Å². The number of halogens is 1. The van der Waals surface area contributed by atoms with Crippen molar-refractivity contribution in [1.82, 2.24) is 15.0 Å². The predicted octanol–water partition coefficient (Wildman–Crippen LogP) is 5.03. The van der Waals surface area contributed by atoms with E-state index in [-0.39, 0.29) is 0 Å². The Hall–Kier alpha value is -3.18. The van der Waals surface area contributed by atoms with Crippen LogP contribution < -0.4 is 11.1 Å². The van der Waals surface area contributed by atoms with Crippen molar-refractivity contribution in [2.75, 3.05) is 17.6 Å². The van der Waals surface area contributed by atoms with Gasteiger partial charge in [-0.15, -0.1) is 0 Å². The number of aromatic nitrogens is 3. The first-order valence-electron chi connectivity index (χ1n) is 8.69. The van der Waals surface area contributed by atoms with Gasteiger partial charge in [0.2, 0.25) is 0 Å². The van der Waals surface area contributed by atoms with E-state index in [9.17, 15) is 0 Å². The van der Waals surface area contributed by atoms with E-state index >= 15 is 0 Å². The van der Waals surface area contributed by atoms with Crippen molar-refractivity contribution in [1.29, 1.82) is 0 Å². The minimum Gasteiger partial charge on any atom is -0.381 e. The highest BCUT2D eigenvalue weighted by Crippen LogP contribution is 2.35. The average molecular weight is 376 g/mol. The maximum Gasteiger partial charge on any atom is 0.169 e. The molecule has 0 bridgehead atoms. The van der Waals surface area contributed by atoms with Crippen molar-refractivity contribution >= 4 is 34.1 Å². The Morgan fingerprint density at radius 1 is 0.963 bits per heavy atom. The Kier molecular flexibility index (Phi) is 4.60. The number of nitrogens with zero attached hydrogens (tertiary/aromatic N) is 3. The molecule has 4 rings (SSSR count). The molecule has 0 unspecified atom stereocenters. The number of rotatable bonds is 4. The van der Waals surface area contributed by atoms with E-state index in [0.29, 0.717) is 28.9 Å². The molecule has 134 valence electrons. The van der Waals surface area contributed by atoms with Gasteiger partial charge in [-0.05, 0) is 25.1 Å². The van der Waals surface area contributed by atoms with Gasteiger partial charge < -0.3 is 11.1 Å². The Morgan fingerprint density at radius 2 is 1.74 bits per heavy atom. The summed E-state index contributed by atoms with van der Waals surface area (Å²) >= 11 is 6.49. The summed E-state index contributed by atoms with van der Waals surface area (Å²) in [6.07, 6.45) is 1.73. The van der Waals surface area contributed by atoms with Crippen LogP contribution >= 0.6 is 11.6 Å². The molecule has 0 saturated carbocycles. The van der Waals surface area contributed by atoms with Crippen molar-refractivity contribution < 1.29 is 0 Å². The van der Waals surface area contributed by atoms with Crippen molar-refractivity contribution in [3.05, 3.63) is 65.8 Å². The molecule has 0 radical (unpaired) electrons. The van der Waals surface area contributed by atoms with Crippen LogP contribution in [-0.2, 0) is 0 Å². The fourth-order valence-corrected chi connectivity index (χ4v) is 3.30. The summed E-state index contributed by atoms with van der Waals surface area (Å²) in [5.41, 5.74) is 10.1. The topological polar surface area (TPSA) is 76.7 Å². The number of nitrogen functional groups attached to an aromatic ring is 1. The molecule has 0 aliphatic rings. The molecule has 0 atom stereocenters. The molecule has 0 aliphatic heterocycles. The first-order chi connectivity index (χ1) is 13.2. The zero-order valence-electron chi connectivity index (χ0n) is 14.8. The molecule has 2 aromatic carbocycles. The van der Waals surface area contributed by atoms with Gasteiger partial charge in [0, 0.05) is 29.3 Å². The van der Waals surface area contributed by atoms with E-state index in [2.05, 4.69) is 15.3 Å². The van der Waals surface area contributed by atoms with Crippen LogP contribution in [0.2, 0.25) is 5.02 Å². The molecule has 2 aromatic heterocycles. The number of anilines is 2. The quantitative estimate of drug-likeness (QED) is 0.523. The van der Waals surface area contributed by atoms with Crippen LogP contribution in [-0.4, -0.2) is 21.5 Å². The van der Waals surface area contributed by atoms with Crippen LogP contribution in [0.1, 0.15) is 6.92 Å². The van der Waals surface area contributed by atoms with Crippen LogP contribution in [0.5, 0.6) is 0 Å². The molecular weight excluding hydrogens is 358 g/mol. The fourth-order valence-electron chi connectivity index (χ4n) is 3.03. The molecule has 3 N–H and O–H groups in total. The molecule has 2 heterocycles. The molecule has 6 heteroatoms. The lowest BCUT2D eigenvalue weighted by atomic mass is 10.0. The molecule has 5 nitrogen and oxygen atoms in total. The lowest BCUT2D eigenvalue weighted by Crippen LogP contribution is -2.08. The lowest BCUT2D eigenvalue weighted by molar-refractivity contribution is 1.13. The number of fused-ring (bicyclic) bond motifs is 1. The Morgan fingerprint density at radius 3 is 2.52 bits per heavy atom. The maximum absolute atomic E-state index is 6.49. The van der Waals surface area contributed by atoms with E-state index in [1.54, 1.807) is 6.20 Å². The summed E-state index contributed by atoms with van der Waals surface area (Å²) in [5.74, 6) is 0.933. The first-order valence-corrected chi connectivity index (χ1v) is 9.06. The zero-order valence-corrected chi connectivity index (χ0v) is 15.5. The summed E-state index contributed by atoms with van der Waals surface area (Å²) in [6, 6.07) is 17.6. The van der Waals surface area contributed by atoms with Gasteiger partial charge in [0.05, 0.1) is 21.9 Å². The average Bonchev–Trinajstić information content (AvgIpc) is 2.70.